The number of aryl methyl sites for hydroxylation is 2. The molecule has 380 valence electrons. The van der Waals surface area contributed by atoms with Gasteiger partial charge in [-0.25, -0.2) is 0 Å². The van der Waals surface area contributed by atoms with Gasteiger partial charge in [0, 0.05) is 22.3 Å². The fraction of sp³-hybridized carbons (Fsp3) is 0.581. The molecule has 4 aromatic rings. The lowest BCUT2D eigenvalue weighted by atomic mass is 10.00. The molecule has 0 aliphatic carbocycles. The van der Waals surface area contributed by atoms with Crippen molar-refractivity contribution in [2.24, 2.45) is 0 Å². The van der Waals surface area contributed by atoms with Crippen molar-refractivity contribution in [2.45, 2.75) is 207 Å². The number of fused-ring (bicyclic) bond motifs is 1. The predicted octanol–water partition coefficient (Wildman–Crippen LogP) is 19.2. The molecule has 1 heterocycles. The lowest BCUT2D eigenvalue weighted by Crippen LogP contribution is -2.04. The molecule has 69 heavy (non-hydrogen) atoms. The van der Waals surface area contributed by atoms with Crippen LogP contribution in [0.1, 0.15) is 228 Å². The molecule has 0 radical (unpaired) electrons. The van der Waals surface area contributed by atoms with Gasteiger partial charge in [0.1, 0.15) is 34.0 Å². The molecule has 0 saturated carbocycles. The molecule has 0 aliphatic heterocycles. The van der Waals surface area contributed by atoms with Crippen LogP contribution in [0.2, 0.25) is 0 Å². The first-order valence-corrected chi connectivity index (χ1v) is 28.5. The zero-order valence-electron chi connectivity index (χ0n) is 43.9. The van der Waals surface area contributed by atoms with Gasteiger partial charge in [0.25, 0.3) is 0 Å². The number of nitrogens with zero attached hydrogens (tertiary/aromatic N) is 2. The van der Waals surface area contributed by atoms with Crippen LogP contribution in [0.4, 0.5) is 0 Å². The molecule has 7 heteroatoms. The van der Waals surface area contributed by atoms with Crippen molar-refractivity contribution in [1.82, 2.24) is 8.75 Å². The fourth-order valence-corrected chi connectivity index (χ4v) is 9.29. The maximum absolute atomic E-state index is 6.62. The second-order valence-electron chi connectivity index (χ2n) is 19.0. The highest BCUT2D eigenvalue weighted by molar-refractivity contribution is 7.00. The van der Waals surface area contributed by atoms with Gasteiger partial charge in [0.2, 0.25) is 0 Å². The smallest absolute Gasteiger partial charge is 0.127 e. The van der Waals surface area contributed by atoms with Crippen molar-refractivity contribution in [3.05, 3.63) is 95.1 Å². The molecule has 0 atom stereocenters. The van der Waals surface area contributed by atoms with Crippen LogP contribution in [-0.4, -0.2) is 35.2 Å². The van der Waals surface area contributed by atoms with Crippen molar-refractivity contribution in [1.29, 1.82) is 0 Å². The van der Waals surface area contributed by atoms with Crippen LogP contribution in [0, 0.1) is 0 Å². The molecule has 6 nitrogen and oxygen atoms in total. The molecule has 3 aromatic carbocycles. The van der Waals surface area contributed by atoms with E-state index in [-0.39, 0.29) is 0 Å². The molecule has 0 N–H and O–H groups in total. The van der Waals surface area contributed by atoms with Gasteiger partial charge in [-0.05, 0) is 112 Å². The Morgan fingerprint density at radius 1 is 0.391 bits per heavy atom. The summed E-state index contributed by atoms with van der Waals surface area (Å²) in [6, 6.07) is 13.3. The second kappa shape index (κ2) is 36.6. The van der Waals surface area contributed by atoms with Gasteiger partial charge in [-0.1, -0.05) is 179 Å². The number of unbranched alkanes of at least 4 members (excludes halogenated alkanes) is 20. The van der Waals surface area contributed by atoms with Gasteiger partial charge in [-0.3, -0.25) is 0 Å². The minimum atomic E-state index is 0.706. The largest absolute Gasteiger partial charge is 0.493 e. The van der Waals surface area contributed by atoms with Crippen LogP contribution in [0.5, 0.6) is 23.0 Å². The van der Waals surface area contributed by atoms with Crippen molar-refractivity contribution in [3.63, 3.8) is 0 Å². The number of allylic oxidation sites excluding steroid dienone is 2. The number of rotatable bonds is 42. The summed E-state index contributed by atoms with van der Waals surface area (Å²) < 4.78 is 36.1. The van der Waals surface area contributed by atoms with Crippen molar-refractivity contribution in [3.8, 4) is 23.0 Å². The van der Waals surface area contributed by atoms with Gasteiger partial charge < -0.3 is 18.9 Å². The summed E-state index contributed by atoms with van der Waals surface area (Å²) in [5.41, 5.74) is 8.41. The molecular weight excluding hydrogens is 869 g/mol. The fourth-order valence-electron chi connectivity index (χ4n) is 8.70. The van der Waals surface area contributed by atoms with E-state index >= 15 is 0 Å². The molecule has 0 fully saturated rings. The third-order valence-corrected chi connectivity index (χ3v) is 13.5. The average Bonchev–Trinajstić information content (AvgIpc) is 3.87. The van der Waals surface area contributed by atoms with Gasteiger partial charge in [0.05, 0.1) is 38.2 Å². The third-order valence-electron chi connectivity index (χ3n) is 13.0. The molecule has 1 aromatic heterocycles. The Balaban J connectivity index is 1.66. The van der Waals surface area contributed by atoms with Gasteiger partial charge in [-0.2, -0.15) is 8.75 Å². The Morgan fingerprint density at radius 3 is 1.09 bits per heavy atom. The van der Waals surface area contributed by atoms with Gasteiger partial charge >= 0.3 is 0 Å². The van der Waals surface area contributed by atoms with E-state index in [0.717, 1.165) is 134 Å². The average molecular weight is 961 g/mol. The van der Waals surface area contributed by atoms with E-state index in [2.05, 4.69) is 102 Å². The van der Waals surface area contributed by atoms with Crippen molar-refractivity contribution in [2.75, 3.05) is 26.4 Å². The number of hydrogen-bond acceptors (Lipinski definition) is 7. The lowest BCUT2D eigenvalue weighted by molar-refractivity contribution is 0.293. The molecule has 0 unspecified atom stereocenters. The summed E-state index contributed by atoms with van der Waals surface area (Å²) in [6.07, 6.45) is 45.2. The van der Waals surface area contributed by atoms with Crippen LogP contribution in [0.15, 0.2) is 61.7 Å². The first kappa shape index (κ1) is 57.2. The Bertz CT molecular complexity index is 1920. The predicted molar refractivity (Wildman–Crippen MR) is 301 cm³/mol. The summed E-state index contributed by atoms with van der Waals surface area (Å²) in [4.78, 5) is 0. The van der Waals surface area contributed by atoms with Crippen LogP contribution in [-0.2, 0) is 12.8 Å². The van der Waals surface area contributed by atoms with Gasteiger partial charge in [-0.15, -0.1) is 13.2 Å². The van der Waals surface area contributed by atoms with Gasteiger partial charge in [0.15, 0.2) is 0 Å². The zero-order valence-corrected chi connectivity index (χ0v) is 44.7. The monoisotopic (exact) mass is 961 g/mol. The van der Waals surface area contributed by atoms with E-state index in [1.165, 1.54) is 138 Å². The van der Waals surface area contributed by atoms with Crippen LogP contribution in [0.25, 0.3) is 35.3 Å². The van der Waals surface area contributed by atoms with E-state index in [0.29, 0.717) is 13.2 Å². The Morgan fingerprint density at radius 2 is 0.725 bits per heavy atom. The maximum atomic E-state index is 6.62. The number of benzene rings is 3. The highest BCUT2D eigenvalue weighted by Gasteiger charge is 2.15. The summed E-state index contributed by atoms with van der Waals surface area (Å²) in [5, 5.41) is 0. The van der Waals surface area contributed by atoms with E-state index in [1.807, 2.05) is 12.2 Å². The Labute approximate surface area is 424 Å². The SMILES string of the molecule is C=CCCCCCCc1cc(OCCCCCC)c(/C=C/c2ccc(/C=C/c3cc(OCCCCCC)c(CCCCCCC=C)cc3OCCCCCC)c3nsnc23)cc1OCCCCCC. The Kier molecular flexibility index (Phi) is 30.3. The summed E-state index contributed by atoms with van der Waals surface area (Å²) in [5.74, 6) is 3.82. The quantitative estimate of drug-likeness (QED) is 0.0250. The standard InChI is InChI=1S/C62H92N2O4S/c1-7-13-19-25-27-29-35-53-47-59(67-45-33-23-17-11-5)55(49-57(53)65-43-31-21-15-9-3)41-39-51-37-38-52(62-61(51)63-69-64-62)40-42-56-50-58(66-44-32-22-16-10-4)54(36-30-28-26-20-14-8-2)48-60(56)68-46-34-24-18-12-6/h7-8,37-42,47-50H,1-2,9-36,43-46H2,3-6H3/b41-39+,42-40+. The summed E-state index contributed by atoms with van der Waals surface area (Å²) in [7, 11) is 0. The molecule has 0 saturated heterocycles. The molecule has 0 spiro atoms. The minimum Gasteiger partial charge on any atom is -0.493 e. The normalized spacial score (nSPS) is 11.6. The Hall–Kier alpha value is -4.36. The van der Waals surface area contributed by atoms with Crippen molar-refractivity contribution >= 4 is 47.1 Å². The maximum Gasteiger partial charge on any atom is 0.127 e. The first-order valence-electron chi connectivity index (χ1n) is 27.7. The zero-order chi connectivity index (χ0) is 49.0. The lowest BCUT2D eigenvalue weighted by Gasteiger charge is -2.17. The topological polar surface area (TPSA) is 62.7 Å². The minimum absolute atomic E-state index is 0.706. The van der Waals surface area contributed by atoms with E-state index < -0.39 is 0 Å². The number of hydrogen-bond donors (Lipinski definition) is 0. The van der Waals surface area contributed by atoms with Crippen LogP contribution in [0.3, 0.4) is 0 Å². The summed E-state index contributed by atoms with van der Waals surface area (Å²) >= 11 is 1.26. The number of aromatic nitrogens is 2. The highest BCUT2D eigenvalue weighted by Crippen LogP contribution is 2.36. The van der Waals surface area contributed by atoms with Crippen molar-refractivity contribution < 1.29 is 18.9 Å². The first-order chi connectivity index (χ1) is 34.1. The second-order valence-corrected chi connectivity index (χ2v) is 19.5. The molecule has 0 bridgehead atoms. The van der Waals surface area contributed by atoms with Crippen LogP contribution < -0.4 is 18.9 Å². The molecule has 0 aliphatic rings. The van der Waals surface area contributed by atoms with E-state index in [9.17, 15) is 0 Å². The van der Waals surface area contributed by atoms with E-state index in [1.54, 1.807) is 0 Å². The third kappa shape index (κ3) is 22.1. The highest BCUT2D eigenvalue weighted by atomic mass is 32.1. The van der Waals surface area contributed by atoms with Crippen LogP contribution >= 0.6 is 11.7 Å². The molecular formula is C62H92N2O4S. The summed E-state index contributed by atoms with van der Waals surface area (Å²) in [6.45, 7) is 19.7. The molecule has 0 amide bonds. The number of ether oxygens (including phenoxy) is 4. The van der Waals surface area contributed by atoms with E-state index in [4.69, 9.17) is 27.7 Å². The molecule has 4 rings (SSSR count).